The average molecular weight is 329 g/mol. The molecule has 1 unspecified atom stereocenters. The molecule has 7 heteroatoms. The van der Waals surface area contributed by atoms with Crippen molar-refractivity contribution in [3.8, 4) is 0 Å². The van der Waals surface area contributed by atoms with Crippen molar-refractivity contribution >= 4 is 33.2 Å². The Labute approximate surface area is 131 Å². The molecule has 0 bridgehead atoms. The van der Waals surface area contributed by atoms with Gasteiger partial charge in [0.2, 0.25) is 10.0 Å². The molecule has 0 aromatic heterocycles. The number of nitrogen functional groups attached to an aromatic ring is 1. The van der Waals surface area contributed by atoms with Crippen LogP contribution in [0.5, 0.6) is 0 Å². The molecule has 0 amide bonds. The van der Waals surface area contributed by atoms with E-state index in [9.17, 15) is 8.42 Å². The second-order valence-electron chi connectivity index (χ2n) is 5.12. The second kappa shape index (κ2) is 7.38. The molecular weight excluding hydrogens is 306 g/mol. The van der Waals surface area contributed by atoms with Gasteiger partial charge in [0, 0.05) is 18.3 Å². The van der Waals surface area contributed by atoms with Crippen LogP contribution in [0.1, 0.15) is 26.2 Å². The zero-order chi connectivity index (χ0) is 15.3. The summed E-state index contributed by atoms with van der Waals surface area (Å²) in [5.74, 6) is 1.21. The standard InChI is InChI=1S/C14H23N3O2S2/c1-2-17-21(18,19)12-6-7-13(15)14(9-12)16-10-11-5-3-4-8-20-11/h6-7,9,11,16-17H,2-5,8,10,15H2,1H3. The normalized spacial score (nSPS) is 19.4. The van der Waals surface area contributed by atoms with E-state index in [0.29, 0.717) is 23.2 Å². The summed E-state index contributed by atoms with van der Waals surface area (Å²) in [6.07, 6.45) is 3.76. The number of sulfonamides is 1. The van der Waals surface area contributed by atoms with Gasteiger partial charge in [-0.1, -0.05) is 13.3 Å². The lowest BCUT2D eigenvalue weighted by molar-refractivity contribution is 0.584. The first-order valence-corrected chi connectivity index (χ1v) is 9.81. The summed E-state index contributed by atoms with van der Waals surface area (Å²) in [6.45, 7) is 2.95. The third-order valence-electron chi connectivity index (χ3n) is 3.46. The molecule has 2 rings (SSSR count). The molecule has 1 fully saturated rings. The summed E-state index contributed by atoms with van der Waals surface area (Å²) >= 11 is 1.97. The smallest absolute Gasteiger partial charge is 0.240 e. The number of rotatable bonds is 6. The molecule has 4 N–H and O–H groups in total. The Balaban J connectivity index is 2.08. The number of hydrogen-bond donors (Lipinski definition) is 3. The van der Waals surface area contributed by atoms with Crippen LogP contribution in [0.4, 0.5) is 11.4 Å². The maximum Gasteiger partial charge on any atom is 0.240 e. The molecular formula is C14H23N3O2S2. The Bertz CT molecular complexity index is 570. The first kappa shape index (κ1) is 16.5. The lowest BCUT2D eigenvalue weighted by Crippen LogP contribution is -2.24. The van der Waals surface area contributed by atoms with E-state index in [1.54, 1.807) is 19.1 Å². The van der Waals surface area contributed by atoms with E-state index in [2.05, 4.69) is 10.0 Å². The highest BCUT2D eigenvalue weighted by Gasteiger charge is 2.16. The molecule has 1 aromatic carbocycles. The number of thioether (sulfide) groups is 1. The Morgan fingerprint density at radius 1 is 1.38 bits per heavy atom. The average Bonchev–Trinajstić information content (AvgIpc) is 2.47. The van der Waals surface area contributed by atoms with Crippen molar-refractivity contribution in [3.05, 3.63) is 18.2 Å². The molecule has 5 nitrogen and oxygen atoms in total. The summed E-state index contributed by atoms with van der Waals surface area (Å²) < 4.78 is 26.5. The van der Waals surface area contributed by atoms with E-state index >= 15 is 0 Å². The monoisotopic (exact) mass is 329 g/mol. The van der Waals surface area contributed by atoms with Gasteiger partial charge in [0.1, 0.15) is 0 Å². The first-order chi connectivity index (χ1) is 10.0. The maximum absolute atomic E-state index is 12.0. The van der Waals surface area contributed by atoms with Gasteiger partial charge in [0.25, 0.3) is 0 Å². The summed E-state index contributed by atoms with van der Waals surface area (Å²) in [5, 5.41) is 3.88. The van der Waals surface area contributed by atoms with Gasteiger partial charge < -0.3 is 11.1 Å². The van der Waals surface area contributed by atoms with Gasteiger partial charge in [-0.05, 0) is 36.8 Å². The molecule has 1 aromatic rings. The zero-order valence-corrected chi connectivity index (χ0v) is 13.9. The van der Waals surface area contributed by atoms with E-state index < -0.39 is 10.0 Å². The van der Waals surface area contributed by atoms with Gasteiger partial charge in [-0.2, -0.15) is 11.8 Å². The molecule has 0 spiro atoms. The molecule has 0 aliphatic carbocycles. The van der Waals surface area contributed by atoms with E-state index in [0.717, 1.165) is 6.54 Å². The first-order valence-electron chi connectivity index (χ1n) is 7.27. The van der Waals surface area contributed by atoms with Gasteiger partial charge in [-0.25, -0.2) is 13.1 Å². The fourth-order valence-corrected chi connectivity index (χ4v) is 4.63. The number of nitrogens with two attached hydrogens (primary N) is 1. The minimum absolute atomic E-state index is 0.248. The largest absolute Gasteiger partial charge is 0.397 e. The van der Waals surface area contributed by atoms with E-state index in [1.807, 2.05) is 11.8 Å². The second-order valence-corrected chi connectivity index (χ2v) is 8.30. The van der Waals surface area contributed by atoms with Crippen molar-refractivity contribution in [2.75, 3.05) is 29.9 Å². The number of hydrogen-bond acceptors (Lipinski definition) is 5. The van der Waals surface area contributed by atoms with Crippen LogP contribution in [-0.4, -0.2) is 32.5 Å². The van der Waals surface area contributed by atoms with Gasteiger partial charge in [0.05, 0.1) is 16.3 Å². The van der Waals surface area contributed by atoms with E-state index in [-0.39, 0.29) is 4.90 Å². The van der Waals surface area contributed by atoms with Crippen molar-refractivity contribution in [3.63, 3.8) is 0 Å². The Kier molecular flexibility index (Phi) is 5.78. The van der Waals surface area contributed by atoms with Crippen LogP contribution in [0, 0.1) is 0 Å². The highest BCUT2D eigenvalue weighted by Crippen LogP contribution is 2.27. The minimum Gasteiger partial charge on any atom is -0.397 e. The van der Waals surface area contributed by atoms with Gasteiger partial charge in [-0.15, -0.1) is 0 Å². The minimum atomic E-state index is -3.44. The third-order valence-corrected chi connectivity index (χ3v) is 6.40. The quantitative estimate of drug-likeness (QED) is 0.697. The predicted octanol–water partition coefficient (Wildman–Crippen LogP) is 2.26. The molecule has 1 aliphatic heterocycles. The highest BCUT2D eigenvalue weighted by molar-refractivity contribution is 8.00. The number of nitrogens with one attached hydrogen (secondary N) is 2. The molecule has 1 aliphatic rings. The lowest BCUT2D eigenvalue weighted by atomic mass is 10.2. The van der Waals surface area contributed by atoms with Crippen molar-refractivity contribution in [1.82, 2.24) is 4.72 Å². The van der Waals surface area contributed by atoms with Gasteiger partial charge in [-0.3, -0.25) is 0 Å². The van der Waals surface area contributed by atoms with E-state index in [1.165, 1.54) is 31.1 Å². The summed E-state index contributed by atoms with van der Waals surface area (Å²) in [5.41, 5.74) is 7.21. The molecule has 118 valence electrons. The third kappa shape index (κ3) is 4.52. The summed E-state index contributed by atoms with van der Waals surface area (Å²) in [7, 11) is -3.44. The summed E-state index contributed by atoms with van der Waals surface area (Å²) in [6, 6.07) is 4.79. The zero-order valence-electron chi connectivity index (χ0n) is 12.3. The fourth-order valence-electron chi connectivity index (χ4n) is 2.32. The van der Waals surface area contributed by atoms with Crippen LogP contribution in [0.3, 0.4) is 0 Å². The molecule has 1 heterocycles. The molecule has 21 heavy (non-hydrogen) atoms. The molecule has 1 atom stereocenters. The Morgan fingerprint density at radius 2 is 2.19 bits per heavy atom. The van der Waals surface area contributed by atoms with Crippen molar-refractivity contribution in [1.29, 1.82) is 0 Å². The molecule has 0 radical (unpaired) electrons. The van der Waals surface area contributed by atoms with Crippen LogP contribution in [0.25, 0.3) is 0 Å². The van der Waals surface area contributed by atoms with Crippen LogP contribution in [-0.2, 0) is 10.0 Å². The fraction of sp³-hybridized carbons (Fsp3) is 0.571. The highest BCUT2D eigenvalue weighted by atomic mass is 32.2. The van der Waals surface area contributed by atoms with Gasteiger partial charge in [0.15, 0.2) is 0 Å². The SMILES string of the molecule is CCNS(=O)(=O)c1ccc(N)c(NCC2CCCCS2)c1. The van der Waals surface area contributed by atoms with Crippen LogP contribution in [0.2, 0.25) is 0 Å². The summed E-state index contributed by atoms with van der Waals surface area (Å²) in [4.78, 5) is 0.248. The number of benzene rings is 1. The van der Waals surface area contributed by atoms with Crippen LogP contribution in [0.15, 0.2) is 23.1 Å². The molecule has 1 saturated heterocycles. The molecule has 0 saturated carbocycles. The van der Waals surface area contributed by atoms with Crippen molar-refractivity contribution in [2.24, 2.45) is 0 Å². The maximum atomic E-state index is 12.0. The van der Waals surface area contributed by atoms with Crippen molar-refractivity contribution < 1.29 is 8.42 Å². The lowest BCUT2D eigenvalue weighted by Gasteiger charge is -2.22. The van der Waals surface area contributed by atoms with Crippen molar-refractivity contribution in [2.45, 2.75) is 36.3 Å². The van der Waals surface area contributed by atoms with Crippen LogP contribution >= 0.6 is 11.8 Å². The van der Waals surface area contributed by atoms with Gasteiger partial charge >= 0.3 is 0 Å². The number of anilines is 2. The van der Waals surface area contributed by atoms with E-state index in [4.69, 9.17) is 5.73 Å². The topological polar surface area (TPSA) is 84.2 Å². The predicted molar refractivity (Wildman–Crippen MR) is 90.3 cm³/mol. The van der Waals surface area contributed by atoms with Crippen LogP contribution < -0.4 is 15.8 Å². The Hall–Kier alpha value is -0.920. The Morgan fingerprint density at radius 3 is 2.86 bits per heavy atom.